The minimum Gasteiger partial charge on any atom is -0.394 e. The summed E-state index contributed by atoms with van der Waals surface area (Å²) in [4.78, 5) is 28.0. The number of carbonyl (C=O) groups is 2. The van der Waals surface area contributed by atoms with E-state index in [9.17, 15) is 19.1 Å². The van der Waals surface area contributed by atoms with E-state index in [4.69, 9.17) is 0 Å². The Kier molecular flexibility index (Phi) is 4.55. The normalized spacial score (nSPS) is 22.4. The largest absolute Gasteiger partial charge is 0.394 e. The molecule has 0 saturated carbocycles. The van der Waals surface area contributed by atoms with Crippen molar-refractivity contribution in [2.24, 2.45) is 0 Å². The van der Waals surface area contributed by atoms with Crippen molar-refractivity contribution < 1.29 is 19.1 Å². The highest BCUT2D eigenvalue weighted by Crippen LogP contribution is 2.53. The van der Waals surface area contributed by atoms with E-state index in [-0.39, 0.29) is 30.2 Å². The summed E-state index contributed by atoms with van der Waals surface area (Å²) in [6.45, 7) is 2.02. The third kappa shape index (κ3) is 2.74. The summed E-state index contributed by atoms with van der Waals surface area (Å²) in [7, 11) is 0. The van der Waals surface area contributed by atoms with Crippen molar-refractivity contribution >= 4 is 17.6 Å². The van der Waals surface area contributed by atoms with Crippen molar-refractivity contribution in [2.45, 2.75) is 24.4 Å². The fourth-order valence-electron chi connectivity index (χ4n) is 4.70. The quantitative estimate of drug-likeness (QED) is 0.855. The van der Waals surface area contributed by atoms with Crippen molar-refractivity contribution in [2.75, 3.05) is 25.0 Å². The standard InChI is InChI=1S/C21H22FN3O3/c1-14(27)25-18(11-26)19(15-7-3-2-4-8-15)21(25)12-24(13-21)20(28)23-17-10-6-5-9-16(17)22/h2-10,18-19,26H,11-13H2,1H3,(H,23,28)/t18-,19-/m1/s1. The van der Waals surface area contributed by atoms with E-state index < -0.39 is 17.4 Å². The first-order valence-corrected chi connectivity index (χ1v) is 9.24. The molecule has 2 aromatic carbocycles. The van der Waals surface area contributed by atoms with E-state index in [1.54, 1.807) is 21.9 Å². The van der Waals surface area contributed by atoms with Crippen LogP contribution in [0.5, 0.6) is 0 Å². The van der Waals surface area contributed by atoms with Gasteiger partial charge in [-0.05, 0) is 17.7 Å². The molecule has 0 aromatic heterocycles. The molecule has 2 aliphatic heterocycles. The van der Waals surface area contributed by atoms with Crippen LogP contribution in [0.2, 0.25) is 0 Å². The van der Waals surface area contributed by atoms with E-state index >= 15 is 0 Å². The number of rotatable bonds is 3. The summed E-state index contributed by atoms with van der Waals surface area (Å²) in [6, 6.07) is 15.0. The molecule has 2 aliphatic rings. The third-order valence-electron chi connectivity index (χ3n) is 5.79. The van der Waals surface area contributed by atoms with Crippen LogP contribution in [0.25, 0.3) is 0 Å². The van der Waals surface area contributed by atoms with Crippen LogP contribution < -0.4 is 5.32 Å². The van der Waals surface area contributed by atoms with E-state index in [0.29, 0.717) is 13.1 Å². The first kappa shape index (κ1) is 18.4. The minimum absolute atomic E-state index is 0.0555. The average molecular weight is 383 g/mol. The van der Waals surface area contributed by atoms with Crippen LogP contribution in [0.3, 0.4) is 0 Å². The maximum atomic E-state index is 13.8. The highest BCUT2D eigenvalue weighted by atomic mass is 19.1. The number of urea groups is 1. The Morgan fingerprint density at radius 1 is 1.14 bits per heavy atom. The number of amides is 3. The van der Waals surface area contributed by atoms with Gasteiger partial charge in [0.25, 0.3) is 0 Å². The second-order valence-electron chi connectivity index (χ2n) is 7.40. The molecule has 2 heterocycles. The lowest BCUT2D eigenvalue weighted by Crippen LogP contribution is -2.86. The lowest BCUT2D eigenvalue weighted by atomic mass is 9.60. The molecule has 0 radical (unpaired) electrons. The SMILES string of the molecule is CC(=O)N1[C@H](CO)[C@@H](c2ccccc2)C12CN(C(=O)Nc1ccccc1F)C2. The van der Waals surface area contributed by atoms with Crippen LogP contribution in [0, 0.1) is 5.82 Å². The van der Waals surface area contributed by atoms with E-state index in [2.05, 4.69) is 5.32 Å². The summed E-state index contributed by atoms with van der Waals surface area (Å²) >= 11 is 0. The molecule has 0 unspecified atom stereocenters. The monoisotopic (exact) mass is 383 g/mol. The maximum Gasteiger partial charge on any atom is 0.322 e. The zero-order valence-corrected chi connectivity index (χ0v) is 15.5. The first-order valence-electron chi connectivity index (χ1n) is 9.24. The number of benzene rings is 2. The molecule has 7 heteroatoms. The molecular weight excluding hydrogens is 361 g/mol. The third-order valence-corrected chi connectivity index (χ3v) is 5.79. The number of hydrogen-bond donors (Lipinski definition) is 2. The highest BCUT2D eigenvalue weighted by molar-refractivity contribution is 5.91. The van der Waals surface area contributed by atoms with Gasteiger partial charge >= 0.3 is 6.03 Å². The van der Waals surface area contributed by atoms with Crippen molar-refractivity contribution in [3.63, 3.8) is 0 Å². The van der Waals surface area contributed by atoms with Crippen LogP contribution in [-0.2, 0) is 4.79 Å². The Morgan fingerprint density at radius 2 is 1.79 bits per heavy atom. The lowest BCUT2D eigenvalue weighted by molar-refractivity contribution is -0.190. The number of aliphatic hydroxyl groups is 1. The number of nitrogens with one attached hydrogen (secondary N) is 1. The molecule has 2 N–H and O–H groups in total. The highest BCUT2D eigenvalue weighted by Gasteiger charge is 2.67. The topological polar surface area (TPSA) is 72.9 Å². The Bertz CT molecular complexity index is 899. The Hall–Kier alpha value is -2.93. The molecule has 4 rings (SSSR count). The summed E-state index contributed by atoms with van der Waals surface area (Å²) < 4.78 is 13.8. The van der Waals surface area contributed by atoms with Crippen molar-refractivity contribution in [3.05, 3.63) is 66.0 Å². The van der Waals surface area contributed by atoms with E-state index in [0.717, 1.165) is 5.56 Å². The zero-order valence-electron chi connectivity index (χ0n) is 15.5. The molecule has 2 atom stereocenters. The van der Waals surface area contributed by atoms with E-state index in [1.165, 1.54) is 19.1 Å². The van der Waals surface area contributed by atoms with Crippen LogP contribution in [0.4, 0.5) is 14.9 Å². The smallest absolute Gasteiger partial charge is 0.322 e. The Balaban J connectivity index is 1.54. The lowest BCUT2D eigenvalue weighted by Gasteiger charge is -2.70. The van der Waals surface area contributed by atoms with Crippen molar-refractivity contribution in [1.82, 2.24) is 9.80 Å². The molecule has 0 bridgehead atoms. The second kappa shape index (κ2) is 6.91. The zero-order chi connectivity index (χ0) is 19.9. The summed E-state index contributed by atoms with van der Waals surface area (Å²) in [5.41, 5.74) is 0.624. The van der Waals surface area contributed by atoms with Crippen LogP contribution in [0.15, 0.2) is 54.6 Å². The van der Waals surface area contributed by atoms with Gasteiger partial charge in [-0.2, -0.15) is 0 Å². The number of halogens is 1. The molecule has 0 aliphatic carbocycles. The first-order chi connectivity index (χ1) is 13.5. The van der Waals surface area contributed by atoms with Gasteiger partial charge in [0.1, 0.15) is 5.82 Å². The number of hydrogen-bond acceptors (Lipinski definition) is 3. The van der Waals surface area contributed by atoms with Crippen LogP contribution in [0.1, 0.15) is 18.4 Å². The Labute approximate surface area is 162 Å². The number of nitrogens with zero attached hydrogens (tertiary/aromatic N) is 2. The summed E-state index contributed by atoms with van der Waals surface area (Å²) in [5, 5.41) is 12.4. The number of carbonyl (C=O) groups excluding carboxylic acids is 2. The fraction of sp³-hybridized carbons (Fsp3) is 0.333. The molecule has 3 amide bonds. The predicted octanol–water partition coefficient (Wildman–Crippen LogP) is 2.42. The number of likely N-dealkylation sites (tertiary alicyclic amines) is 2. The fourth-order valence-corrected chi connectivity index (χ4v) is 4.70. The summed E-state index contributed by atoms with van der Waals surface area (Å²) in [5.74, 6) is -0.678. The number of anilines is 1. The molecule has 2 aromatic rings. The molecule has 146 valence electrons. The molecule has 2 fully saturated rings. The van der Waals surface area contributed by atoms with Gasteiger partial charge in [-0.3, -0.25) is 4.79 Å². The van der Waals surface area contributed by atoms with Crippen LogP contribution in [-0.4, -0.2) is 58.1 Å². The van der Waals surface area contributed by atoms with Gasteiger partial charge in [0.05, 0.1) is 23.9 Å². The van der Waals surface area contributed by atoms with Crippen molar-refractivity contribution in [3.8, 4) is 0 Å². The second-order valence-corrected chi connectivity index (χ2v) is 7.40. The average Bonchev–Trinajstić information content (AvgIpc) is 2.62. The van der Waals surface area contributed by atoms with Gasteiger partial charge in [-0.1, -0.05) is 42.5 Å². The molecule has 6 nitrogen and oxygen atoms in total. The maximum absolute atomic E-state index is 13.8. The van der Waals surface area contributed by atoms with Gasteiger partial charge in [-0.15, -0.1) is 0 Å². The van der Waals surface area contributed by atoms with Crippen molar-refractivity contribution in [1.29, 1.82) is 0 Å². The predicted molar refractivity (Wildman–Crippen MR) is 102 cm³/mol. The van der Waals surface area contributed by atoms with Gasteiger partial charge in [0, 0.05) is 25.9 Å². The van der Waals surface area contributed by atoms with Gasteiger partial charge in [-0.25, -0.2) is 9.18 Å². The van der Waals surface area contributed by atoms with Crippen LogP contribution >= 0.6 is 0 Å². The molecule has 1 spiro atoms. The van der Waals surface area contributed by atoms with Gasteiger partial charge in [0.2, 0.25) is 5.91 Å². The van der Waals surface area contributed by atoms with Gasteiger partial charge < -0.3 is 20.2 Å². The molecule has 2 saturated heterocycles. The van der Waals surface area contributed by atoms with Gasteiger partial charge in [0.15, 0.2) is 0 Å². The Morgan fingerprint density at radius 3 is 2.39 bits per heavy atom. The van der Waals surface area contributed by atoms with E-state index in [1.807, 2.05) is 30.3 Å². The molecule has 28 heavy (non-hydrogen) atoms. The summed E-state index contributed by atoms with van der Waals surface area (Å²) in [6.07, 6.45) is 0. The minimum atomic E-state index is -0.535. The number of aliphatic hydroxyl groups excluding tert-OH is 1. The number of para-hydroxylation sites is 1. The molecular formula is C21H22FN3O3.